The van der Waals surface area contributed by atoms with E-state index in [2.05, 4.69) is 5.32 Å². The second-order valence-corrected chi connectivity index (χ2v) is 17.6. The molecule has 0 radical (unpaired) electrons. The molecule has 7 rings (SSSR count). The summed E-state index contributed by atoms with van der Waals surface area (Å²) in [6.45, 7) is 8.30. The van der Waals surface area contributed by atoms with E-state index in [1.165, 1.54) is 26.0 Å². The molecule has 3 aromatic rings. The Labute approximate surface area is 359 Å². The zero-order valence-corrected chi connectivity index (χ0v) is 35.3. The fraction of sp³-hybridized carbons (Fsp3) is 0.468. The van der Waals surface area contributed by atoms with Crippen molar-refractivity contribution in [1.29, 1.82) is 0 Å². The van der Waals surface area contributed by atoms with Gasteiger partial charge < -0.3 is 49.4 Å². The zero-order valence-electron chi connectivity index (χ0n) is 35.3. The van der Waals surface area contributed by atoms with Gasteiger partial charge in [0, 0.05) is 43.1 Å². The van der Waals surface area contributed by atoms with Crippen molar-refractivity contribution in [3.05, 3.63) is 119 Å². The number of benzene rings is 3. The number of amides is 1. The van der Waals surface area contributed by atoms with E-state index in [1.807, 2.05) is 0 Å². The van der Waals surface area contributed by atoms with Gasteiger partial charge in [-0.05, 0) is 47.9 Å². The maximum absolute atomic E-state index is 14.3. The van der Waals surface area contributed by atoms with E-state index in [0.29, 0.717) is 5.56 Å². The summed E-state index contributed by atoms with van der Waals surface area (Å²) in [6, 6.07) is 23.1. The lowest BCUT2D eigenvalue weighted by Crippen LogP contribution is -2.82. The van der Waals surface area contributed by atoms with E-state index < -0.39 is 113 Å². The Morgan fingerprint density at radius 3 is 1.94 bits per heavy atom. The highest BCUT2D eigenvalue weighted by Crippen LogP contribution is 2.65. The van der Waals surface area contributed by atoms with Crippen molar-refractivity contribution in [2.24, 2.45) is 16.7 Å². The van der Waals surface area contributed by atoms with Crippen LogP contribution in [-0.4, -0.2) is 111 Å². The third-order valence-electron chi connectivity index (χ3n) is 13.7. The van der Waals surface area contributed by atoms with Crippen LogP contribution in [0.4, 0.5) is 0 Å². The number of esters is 4. The van der Waals surface area contributed by atoms with E-state index >= 15 is 0 Å². The number of hydrogen-bond acceptors (Lipinski definition) is 14. The minimum absolute atomic E-state index is 0.0914. The van der Waals surface area contributed by atoms with Gasteiger partial charge in [0.05, 0.1) is 30.2 Å². The van der Waals surface area contributed by atoms with Crippen molar-refractivity contribution in [1.82, 2.24) is 5.32 Å². The van der Waals surface area contributed by atoms with Gasteiger partial charge in [0.1, 0.15) is 30.0 Å². The zero-order chi connectivity index (χ0) is 44.9. The van der Waals surface area contributed by atoms with Gasteiger partial charge in [-0.2, -0.15) is 0 Å². The highest BCUT2D eigenvalue weighted by molar-refractivity contribution is 5.95. The van der Waals surface area contributed by atoms with Crippen LogP contribution in [0.1, 0.15) is 86.7 Å². The highest BCUT2D eigenvalue weighted by Gasteiger charge is 2.78. The second kappa shape index (κ2) is 16.7. The quantitative estimate of drug-likeness (QED) is 0.112. The molecule has 3 fully saturated rings. The van der Waals surface area contributed by atoms with Gasteiger partial charge >= 0.3 is 23.9 Å². The lowest BCUT2D eigenvalue weighted by molar-refractivity contribution is -0.365. The molecule has 12 atom stereocenters. The van der Waals surface area contributed by atoms with Gasteiger partial charge in [0.2, 0.25) is 0 Å². The van der Waals surface area contributed by atoms with Crippen LogP contribution >= 0.6 is 0 Å². The minimum atomic E-state index is -2.35. The monoisotopic (exact) mass is 855 g/mol. The summed E-state index contributed by atoms with van der Waals surface area (Å²) in [5, 5.41) is 53.2. The van der Waals surface area contributed by atoms with Crippen LogP contribution in [0.3, 0.4) is 0 Å². The van der Waals surface area contributed by atoms with Crippen molar-refractivity contribution in [2.45, 2.75) is 114 Å². The van der Waals surface area contributed by atoms with E-state index in [-0.39, 0.29) is 35.3 Å². The molecule has 0 unspecified atom stereocenters. The molecule has 15 heteroatoms. The lowest BCUT2D eigenvalue weighted by Gasteiger charge is -2.69. The van der Waals surface area contributed by atoms with Crippen LogP contribution in [0.15, 0.2) is 102 Å². The third-order valence-corrected chi connectivity index (χ3v) is 13.7. The molecule has 1 aliphatic heterocycles. The van der Waals surface area contributed by atoms with Crippen molar-refractivity contribution < 1.29 is 68.1 Å². The number of fused-ring (bicyclic) bond motifs is 5. The number of hydrogen-bond donors (Lipinski definition) is 5. The van der Waals surface area contributed by atoms with Gasteiger partial charge in [0.15, 0.2) is 17.8 Å². The molecule has 3 aromatic carbocycles. The van der Waals surface area contributed by atoms with Crippen molar-refractivity contribution in [2.75, 3.05) is 6.61 Å². The third kappa shape index (κ3) is 7.38. The number of carbonyl (C=O) groups is 5. The summed E-state index contributed by atoms with van der Waals surface area (Å²) in [5.41, 5.74) is -6.46. The van der Waals surface area contributed by atoms with Crippen LogP contribution in [0.25, 0.3) is 0 Å². The molecule has 3 aliphatic carbocycles. The Kier molecular flexibility index (Phi) is 12.0. The average Bonchev–Trinajstić information content (AvgIpc) is 3.24. The maximum Gasteiger partial charge on any atom is 0.338 e. The van der Waals surface area contributed by atoms with Crippen LogP contribution in [0.5, 0.6) is 0 Å². The Bertz CT molecular complexity index is 2230. The number of rotatable bonds is 10. The molecule has 62 heavy (non-hydrogen) atoms. The van der Waals surface area contributed by atoms with Crippen molar-refractivity contribution in [3.63, 3.8) is 0 Å². The van der Waals surface area contributed by atoms with E-state index in [4.69, 9.17) is 23.7 Å². The number of ether oxygens (including phenoxy) is 5. The van der Waals surface area contributed by atoms with Gasteiger partial charge in [-0.1, -0.05) is 87.5 Å². The highest BCUT2D eigenvalue weighted by atomic mass is 16.6. The molecule has 1 heterocycles. The van der Waals surface area contributed by atoms with Crippen LogP contribution < -0.4 is 5.32 Å². The van der Waals surface area contributed by atoms with Gasteiger partial charge in [-0.15, -0.1) is 0 Å². The Morgan fingerprint density at radius 1 is 0.806 bits per heavy atom. The Morgan fingerprint density at radius 2 is 1.39 bits per heavy atom. The summed E-state index contributed by atoms with van der Waals surface area (Å²) < 4.78 is 30.5. The van der Waals surface area contributed by atoms with Crippen molar-refractivity contribution >= 4 is 29.8 Å². The van der Waals surface area contributed by atoms with Gasteiger partial charge in [-0.25, -0.2) is 9.59 Å². The summed E-state index contributed by atoms with van der Waals surface area (Å²) in [7, 11) is 0. The smallest absolute Gasteiger partial charge is 0.338 e. The standard InChI is InChI=1S/C47H53NO14/c1-25-31(60-43(56)36(52)35(28-16-10-7-11-17-28)48-41(54)29-18-12-8-13-19-29)23-47(57)40(61-42(55)30-20-14-9-15-21-30)38-45(6,32(51)22-33-46(38,24-58-33)62-27(3)50)39(53)37(59-26(2)49)34(25)44(47,4)5/h7-21,31-33,35-40,51-53,57H,22-24H2,1-6H3,(H,48,54)/t31-,32-,33+,35+,36+,37+,38-,39-,40-,45+,46-,47+/m0/s1. The summed E-state index contributed by atoms with van der Waals surface area (Å²) in [6.07, 6.45) is -11.8. The first-order chi connectivity index (χ1) is 29.3. The molecule has 0 spiro atoms. The summed E-state index contributed by atoms with van der Waals surface area (Å²) in [4.78, 5) is 68.1. The van der Waals surface area contributed by atoms with Crippen molar-refractivity contribution in [3.8, 4) is 0 Å². The summed E-state index contributed by atoms with van der Waals surface area (Å²) in [5.74, 6) is -5.73. The molecule has 2 saturated carbocycles. The fourth-order valence-corrected chi connectivity index (χ4v) is 10.4. The number of aliphatic hydroxyl groups excluding tert-OH is 3. The van der Waals surface area contributed by atoms with Gasteiger partial charge in [0.25, 0.3) is 5.91 Å². The molecule has 15 nitrogen and oxygen atoms in total. The SMILES string of the molecule is CC(=O)O[C@@H]1C2=C(C)[C@@H](OC(=O)[C@H](O)[C@H](NC(=O)c3ccccc3)c3ccccc3)C[C@@](O)([C@@H](OC(=O)c3ccccc3)[C@@H]3[C@]4(OC(C)=O)CO[C@@H]4C[C@H](O)[C@@]3(C)[C@H]1O)C2(C)C. The molecule has 2 bridgehead atoms. The van der Waals surface area contributed by atoms with E-state index in [0.717, 1.165) is 6.92 Å². The molecule has 330 valence electrons. The first-order valence-corrected chi connectivity index (χ1v) is 20.6. The Hall–Kier alpha value is -5.45. The number of aliphatic hydroxyl groups is 4. The second-order valence-electron chi connectivity index (χ2n) is 17.6. The first-order valence-electron chi connectivity index (χ1n) is 20.6. The molecule has 1 saturated heterocycles. The predicted molar refractivity (Wildman–Crippen MR) is 219 cm³/mol. The van der Waals surface area contributed by atoms with Crippen LogP contribution in [0.2, 0.25) is 0 Å². The molecular formula is C47H53NO14. The molecule has 0 aromatic heterocycles. The largest absolute Gasteiger partial charge is 0.456 e. The fourth-order valence-electron chi connectivity index (χ4n) is 10.4. The molecule has 4 aliphatic rings. The average molecular weight is 856 g/mol. The predicted octanol–water partition coefficient (Wildman–Crippen LogP) is 3.53. The molecule has 1 amide bonds. The van der Waals surface area contributed by atoms with Crippen LogP contribution in [-0.2, 0) is 38.1 Å². The maximum atomic E-state index is 14.3. The Balaban J connectivity index is 1.38. The number of carbonyl (C=O) groups excluding carboxylic acids is 5. The minimum Gasteiger partial charge on any atom is -0.456 e. The first kappa shape index (κ1) is 44.6. The molecule has 5 N–H and O–H groups in total. The summed E-state index contributed by atoms with van der Waals surface area (Å²) >= 11 is 0. The topological polar surface area (TPSA) is 224 Å². The number of nitrogens with one attached hydrogen (secondary N) is 1. The van der Waals surface area contributed by atoms with E-state index in [1.54, 1.807) is 99.6 Å². The van der Waals surface area contributed by atoms with Crippen LogP contribution in [0, 0.1) is 16.7 Å². The van der Waals surface area contributed by atoms with Gasteiger partial charge in [-0.3, -0.25) is 14.4 Å². The van der Waals surface area contributed by atoms with E-state index in [9.17, 15) is 44.4 Å². The molecular weight excluding hydrogens is 803 g/mol. The normalized spacial score (nSPS) is 33.0. The lowest BCUT2D eigenvalue weighted by atomic mass is 9.44.